The van der Waals surface area contributed by atoms with Crippen LogP contribution in [0.1, 0.15) is 18.4 Å². The molecule has 2 atom stereocenters. The van der Waals surface area contributed by atoms with E-state index in [1.165, 1.54) is 0 Å². The first-order valence-electron chi connectivity index (χ1n) is 9.11. The van der Waals surface area contributed by atoms with Crippen LogP contribution >= 0.6 is 11.6 Å². The molecule has 0 spiro atoms. The highest BCUT2D eigenvalue weighted by Gasteiger charge is 2.25. The number of nitrogens with zero attached hydrogens (tertiary/aromatic N) is 4. The molecule has 1 aromatic heterocycles. The summed E-state index contributed by atoms with van der Waals surface area (Å²) in [5, 5.41) is 10.3. The van der Waals surface area contributed by atoms with Crippen molar-refractivity contribution in [2.75, 3.05) is 33.8 Å². The summed E-state index contributed by atoms with van der Waals surface area (Å²) in [6.07, 6.45) is 6.00. The van der Waals surface area contributed by atoms with E-state index < -0.39 is 0 Å². The van der Waals surface area contributed by atoms with Gasteiger partial charge >= 0.3 is 0 Å². The smallest absolute Gasteiger partial charge is 0.159 e. The summed E-state index contributed by atoms with van der Waals surface area (Å²) >= 11 is 5.94. The van der Waals surface area contributed by atoms with Crippen LogP contribution in [0.15, 0.2) is 36.7 Å². The van der Waals surface area contributed by atoms with Gasteiger partial charge in [-0.15, -0.1) is 0 Å². The average molecular weight is 375 g/mol. The lowest BCUT2D eigenvalue weighted by Gasteiger charge is -2.28. The molecule has 1 N–H and O–H groups in total. The summed E-state index contributed by atoms with van der Waals surface area (Å²) in [6, 6.07) is 8.07. The van der Waals surface area contributed by atoms with Crippen molar-refractivity contribution < 1.29 is 5.11 Å². The molecule has 1 fully saturated rings. The lowest BCUT2D eigenvalue weighted by Crippen LogP contribution is -2.39. The minimum absolute atomic E-state index is 0.253. The first-order chi connectivity index (χ1) is 12.5. The highest BCUT2D eigenvalue weighted by atomic mass is 35.5. The Bertz CT molecular complexity index is 690. The topological polar surface area (TPSA) is 52.5 Å². The zero-order valence-corrected chi connectivity index (χ0v) is 16.2. The van der Waals surface area contributed by atoms with E-state index >= 15 is 0 Å². The Balaban J connectivity index is 1.69. The summed E-state index contributed by atoms with van der Waals surface area (Å²) < 4.78 is 0. The van der Waals surface area contributed by atoms with E-state index in [-0.39, 0.29) is 6.61 Å². The van der Waals surface area contributed by atoms with Gasteiger partial charge in [-0.2, -0.15) is 0 Å². The van der Waals surface area contributed by atoms with Crippen molar-refractivity contribution in [3.63, 3.8) is 0 Å². The maximum atomic E-state index is 9.63. The molecular formula is C20H27ClN4O. The first-order valence-corrected chi connectivity index (χ1v) is 9.49. The van der Waals surface area contributed by atoms with Gasteiger partial charge in [-0.05, 0) is 57.1 Å². The van der Waals surface area contributed by atoms with Gasteiger partial charge in [0.15, 0.2) is 5.82 Å². The number of likely N-dealkylation sites (N-methyl/N-ethyl adjacent to an activating group) is 1. The molecule has 140 valence electrons. The highest BCUT2D eigenvalue weighted by molar-refractivity contribution is 6.30. The highest BCUT2D eigenvalue weighted by Crippen LogP contribution is 2.21. The average Bonchev–Trinajstić information content (AvgIpc) is 2.85. The molecule has 0 amide bonds. The molecule has 0 aliphatic carbocycles. The molecule has 3 rings (SSSR count). The van der Waals surface area contributed by atoms with E-state index in [1.54, 1.807) is 0 Å². The van der Waals surface area contributed by atoms with Crippen LogP contribution < -0.4 is 0 Å². The van der Waals surface area contributed by atoms with Gasteiger partial charge in [-0.3, -0.25) is 4.90 Å². The molecular weight excluding hydrogens is 348 g/mol. The Labute approximate surface area is 160 Å². The molecule has 26 heavy (non-hydrogen) atoms. The minimum Gasteiger partial charge on any atom is -0.396 e. The molecule has 0 radical (unpaired) electrons. The number of halogens is 1. The predicted molar refractivity (Wildman–Crippen MR) is 105 cm³/mol. The molecule has 1 aliphatic heterocycles. The van der Waals surface area contributed by atoms with Crippen LogP contribution in [0.4, 0.5) is 0 Å². The third kappa shape index (κ3) is 5.01. The predicted octanol–water partition coefficient (Wildman–Crippen LogP) is 2.93. The second kappa shape index (κ2) is 8.91. The first kappa shape index (κ1) is 19.2. The zero-order valence-electron chi connectivity index (χ0n) is 15.5. The second-order valence-corrected chi connectivity index (χ2v) is 7.80. The number of benzene rings is 1. The van der Waals surface area contributed by atoms with Crippen molar-refractivity contribution in [2.24, 2.45) is 5.92 Å². The van der Waals surface area contributed by atoms with Crippen molar-refractivity contribution in [3.8, 4) is 11.4 Å². The van der Waals surface area contributed by atoms with Crippen LogP contribution in [0.3, 0.4) is 0 Å². The summed E-state index contributed by atoms with van der Waals surface area (Å²) in [5.41, 5.74) is 2.06. The Morgan fingerprint density at radius 1 is 1.12 bits per heavy atom. The van der Waals surface area contributed by atoms with Crippen molar-refractivity contribution in [2.45, 2.75) is 25.4 Å². The fourth-order valence-electron chi connectivity index (χ4n) is 3.49. The monoisotopic (exact) mass is 374 g/mol. The Morgan fingerprint density at radius 3 is 2.42 bits per heavy atom. The fourth-order valence-corrected chi connectivity index (χ4v) is 3.62. The molecule has 6 heteroatoms. The summed E-state index contributed by atoms with van der Waals surface area (Å²) in [7, 11) is 4.26. The molecule has 0 unspecified atom stereocenters. The number of hydrogen-bond acceptors (Lipinski definition) is 5. The van der Waals surface area contributed by atoms with Crippen LogP contribution in [0.2, 0.25) is 5.02 Å². The van der Waals surface area contributed by atoms with E-state index in [2.05, 4.69) is 33.9 Å². The van der Waals surface area contributed by atoms with Gasteiger partial charge < -0.3 is 10.0 Å². The van der Waals surface area contributed by atoms with Crippen molar-refractivity contribution >= 4 is 11.6 Å². The molecule has 0 saturated carbocycles. The fraction of sp³-hybridized carbons (Fsp3) is 0.500. The van der Waals surface area contributed by atoms with E-state index in [0.717, 1.165) is 43.6 Å². The summed E-state index contributed by atoms with van der Waals surface area (Å²) in [5.74, 6) is 1.05. The summed E-state index contributed by atoms with van der Waals surface area (Å²) in [6.45, 7) is 2.98. The molecule has 2 aromatic rings. The molecule has 5 nitrogen and oxygen atoms in total. The normalized spacial score (nSPS) is 21.7. The van der Waals surface area contributed by atoms with Crippen LogP contribution in [-0.2, 0) is 6.54 Å². The van der Waals surface area contributed by atoms with E-state index in [0.29, 0.717) is 22.8 Å². The number of hydrogen-bond donors (Lipinski definition) is 1. The number of likely N-dealkylation sites (tertiary alicyclic amines) is 1. The number of aliphatic hydroxyl groups excluding tert-OH is 1. The van der Waals surface area contributed by atoms with Gasteiger partial charge in [0.1, 0.15) is 0 Å². The summed E-state index contributed by atoms with van der Waals surface area (Å²) in [4.78, 5) is 13.7. The van der Waals surface area contributed by atoms with Crippen molar-refractivity contribution in [1.29, 1.82) is 0 Å². The van der Waals surface area contributed by atoms with Gasteiger partial charge in [0, 0.05) is 60.8 Å². The third-order valence-electron chi connectivity index (χ3n) is 5.10. The largest absolute Gasteiger partial charge is 0.396 e. The Hall–Kier alpha value is -1.53. The molecule has 2 heterocycles. The zero-order chi connectivity index (χ0) is 18.5. The number of aromatic nitrogens is 2. The van der Waals surface area contributed by atoms with Crippen molar-refractivity contribution in [1.82, 2.24) is 19.8 Å². The second-order valence-electron chi connectivity index (χ2n) is 7.36. The van der Waals surface area contributed by atoms with Crippen LogP contribution in [0.25, 0.3) is 11.4 Å². The Morgan fingerprint density at radius 2 is 1.81 bits per heavy atom. The molecule has 1 aromatic carbocycles. The Kier molecular flexibility index (Phi) is 6.59. The van der Waals surface area contributed by atoms with E-state index in [9.17, 15) is 5.11 Å². The van der Waals surface area contributed by atoms with Gasteiger partial charge in [-0.25, -0.2) is 9.97 Å². The maximum Gasteiger partial charge on any atom is 0.159 e. The van der Waals surface area contributed by atoms with Gasteiger partial charge in [0.25, 0.3) is 0 Å². The standard InChI is InChI=1S/C20H27ClN4O/c1-24(2)19-8-3-15(14-26)11-25(13-19)12-16-9-22-20(23-10-16)17-4-6-18(21)7-5-17/h4-7,9-10,15,19,26H,3,8,11-14H2,1-2H3/t15-,19+/m0/s1. The molecule has 1 aliphatic rings. The SMILES string of the molecule is CN(C)[C@@H]1CC[C@H](CO)CN(Cc2cnc(-c3ccc(Cl)cc3)nc2)C1. The van der Waals surface area contributed by atoms with Crippen LogP contribution in [0, 0.1) is 5.92 Å². The van der Waals surface area contributed by atoms with Gasteiger partial charge in [0.05, 0.1) is 0 Å². The van der Waals surface area contributed by atoms with Gasteiger partial charge in [-0.1, -0.05) is 11.6 Å². The quantitative estimate of drug-likeness (QED) is 0.872. The van der Waals surface area contributed by atoms with Crippen LogP contribution in [-0.4, -0.2) is 64.7 Å². The lowest BCUT2D eigenvalue weighted by atomic mass is 10.0. The maximum absolute atomic E-state index is 9.63. The number of rotatable bonds is 5. The number of aliphatic hydroxyl groups is 1. The van der Waals surface area contributed by atoms with Crippen LogP contribution in [0.5, 0.6) is 0 Å². The van der Waals surface area contributed by atoms with E-state index in [4.69, 9.17) is 11.6 Å². The molecule has 1 saturated heterocycles. The minimum atomic E-state index is 0.253. The van der Waals surface area contributed by atoms with E-state index in [1.807, 2.05) is 36.7 Å². The van der Waals surface area contributed by atoms with Gasteiger partial charge in [0.2, 0.25) is 0 Å². The van der Waals surface area contributed by atoms with Crippen molar-refractivity contribution in [3.05, 3.63) is 47.2 Å². The lowest BCUT2D eigenvalue weighted by molar-refractivity contribution is 0.157. The molecule has 0 bridgehead atoms. The third-order valence-corrected chi connectivity index (χ3v) is 5.35.